The predicted octanol–water partition coefficient (Wildman–Crippen LogP) is 3.45. The SMILES string of the molecule is C=CC(=O)N1CCN(c2nc(OC[C@@H]3CCCN(C)C3)nc3c2CCN(c2cc(O)cc4ccccc24)C3)CC1. The lowest BCUT2D eigenvalue weighted by atomic mass is 10.00. The second kappa shape index (κ2) is 11.3. The quantitative estimate of drug-likeness (QED) is 0.474. The Bertz CT molecular complexity index is 1400. The summed E-state index contributed by atoms with van der Waals surface area (Å²) in [6.07, 6.45) is 4.51. The average molecular weight is 543 g/mol. The van der Waals surface area contributed by atoms with Crippen LogP contribution in [0.4, 0.5) is 11.5 Å². The van der Waals surface area contributed by atoms with E-state index < -0.39 is 0 Å². The van der Waals surface area contributed by atoms with Crippen molar-refractivity contribution in [1.29, 1.82) is 0 Å². The van der Waals surface area contributed by atoms with Crippen molar-refractivity contribution in [3.05, 3.63) is 60.3 Å². The topological polar surface area (TPSA) is 85.3 Å². The Kier molecular flexibility index (Phi) is 7.47. The van der Waals surface area contributed by atoms with Crippen LogP contribution in [0.25, 0.3) is 10.8 Å². The first-order valence-electron chi connectivity index (χ1n) is 14.3. The van der Waals surface area contributed by atoms with E-state index >= 15 is 0 Å². The van der Waals surface area contributed by atoms with E-state index in [0.717, 1.165) is 66.0 Å². The maximum atomic E-state index is 12.2. The van der Waals surface area contributed by atoms with Crippen LogP contribution in [0.1, 0.15) is 24.1 Å². The molecule has 40 heavy (non-hydrogen) atoms. The Balaban J connectivity index is 1.30. The minimum absolute atomic E-state index is 0.0279. The number of ether oxygens (including phenoxy) is 1. The molecule has 0 bridgehead atoms. The van der Waals surface area contributed by atoms with Crippen LogP contribution in [-0.4, -0.2) is 90.2 Å². The minimum atomic E-state index is -0.0279. The number of aromatic hydroxyl groups is 1. The van der Waals surface area contributed by atoms with Gasteiger partial charge in [-0.2, -0.15) is 9.97 Å². The summed E-state index contributed by atoms with van der Waals surface area (Å²) in [4.78, 5) is 30.8. The van der Waals surface area contributed by atoms with Gasteiger partial charge in [0.2, 0.25) is 5.91 Å². The fraction of sp³-hybridized carbons (Fsp3) is 0.452. The number of hydrogen-bond donors (Lipinski definition) is 1. The van der Waals surface area contributed by atoms with Crippen molar-refractivity contribution in [2.24, 2.45) is 5.92 Å². The molecule has 2 fully saturated rings. The number of amides is 1. The summed E-state index contributed by atoms with van der Waals surface area (Å²) in [6, 6.07) is 12.2. The lowest BCUT2D eigenvalue weighted by Crippen LogP contribution is -2.49. The summed E-state index contributed by atoms with van der Waals surface area (Å²) in [5, 5.41) is 12.6. The zero-order valence-electron chi connectivity index (χ0n) is 23.3. The molecule has 2 aromatic carbocycles. The molecule has 3 aliphatic heterocycles. The Morgan fingerprint density at radius 1 is 1.10 bits per heavy atom. The van der Waals surface area contributed by atoms with E-state index in [1.165, 1.54) is 12.5 Å². The Labute approximate surface area is 235 Å². The molecule has 210 valence electrons. The summed E-state index contributed by atoms with van der Waals surface area (Å²) in [6.45, 7) is 10.5. The number of aromatic nitrogens is 2. The number of likely N-dealkylation sites (tertiary alicyclic amines) is 1. The van der Waals surface area contributed by atoms with Crippen LogP contribution >= 0.6 is 0 Å². The van der Waals surface area contributed by atoms with Gasteiger partial charge in [0.05, 0.1) is 18.8 Å². The van der Waals surface area contributed by atoms with Crippen LogP contribution in [-0.2, 0) is 17.8 Å². The van der Waals surface area contributed by atoms with Crippen LogP contribution in [0.3, 0.4) is 0 Å². The summed E-state index contributed by atoms with van der Waals surface area (Å²) >= 11 is 0. The van der Waals surface area contributed by atoms with Gasteiger partial charge in [-0.1, -0.05) is 30.8 Å². The third-order valence-corrected chi connectivity index (χ3v) is 8.42. The zero-order valence-corrected chi connectivity index (χ0v) is 23.3. The maximum Gasteiger partial charge on any atom is 0.318 e. The number of rotatable bonds is 6. The van der Waals surface area contributed by atoms with E-state index in [1.54, 1.807) is 0 Å². The molecule has 1 atom stereocenters. The van der Waals surface area contributed by atoms with Crippen molar-refractivity contribution in [2.75, 3.05) is 69.3 Å². The standard InChI is InChI=1S/C31H38N6O3/c1-3-29(39)35-13-15-36(16-14-35)30-26-10-12-37(28-18-24(38)17-23-8-4-5-9-25(23)28)20-27(26)32-31(33-30)40-21-22-7-6-11-34(2)19-22/h3-5,8-9,17-18,22,38H,1,6-7,10-16,19-21H2,2H3/t22-/m1/s1. The molecule has 0 aliphatic carbocycles. The number of hydrogen-bond acceptors (Lipinski definition) is 8. The molecule has 0 unspecified atom stereocenters. The molecule has 0 spiro atoms. The highest BCUT2D eigenvalue weighted by Crippen LogP contribution is 2.36. The van der Waals surface area contributed by atoms with Gasteiger partial charge >= 0.3 is 6.01 Å². The van der Waals surface area contributed by atoms with Crippen molar-refractivity contribution in [1.82, 2.24) is 19.8 Å². The molecule has 0 saturated carbocycles. The van der Waals surface area contributed by atoms with Crippen molar-refractivity contribution >= 4 is 28.2 Å². The molecule has 9 nitrogen and oxygen atoms in total. The van der Waals surface area contributed by atoms with E-state index in [4.69, 9.17) is 14.7 Å². The number of phenolic OH excluding ortho intramolecular Hbond substituents is 1. The van der Waals surface area contributed by atoms with Crippen molar-refractivity contribution < 1.29 is 14.6 Å². The third kappa shape index (κ3) is 5.43. The molecule has 3 aliphatic rings. The molecular formula is C31H38N6O3. The van der Waals surface area contributed by atoms with Crippen molar-refractivity contribution in [3.63, 3.8) is 0 Å². The number of nitrogens with zero attached hydrogens (tertiary/aromatic N) is 6. The highest BCUT2D eigenvalue weighted by atomic mass is 16.5. The molecule has 9 heteroatoms. The number of phenols is 1. The lowest BCUT2D eigenvalue weighted by Gasteiger charge is -2.38. The van der Waals surface area contributed by atoms with E-state index in [-0.39, 0.29) is 11.7 Å². The second-order valence-corrected chi connectivity index (χ2v) is 11.2. The lowest BCUT2D eigenvalue weighted by molar-refractivity contribution is -0.126. The molecule has 3 aromatic rings. The first kappa shape index (κ1) is 26.4. The molecule has 4 heterocycles. The molecular weight excluding hydrogens is 504 g/mol. The van der Waals surface area contributed by atoms with Crippen molar-refractivity contribution in [2.45, 2.75) is 25.8 Å². The average Bonchev–Trinajstić information content (AvgIpc) is 2.98. The highest BCUT2D eigenvalue weighted by molar-refractivity contribution is 5.95. The number of piperidine rings is 1. The predicted molar refractivity (Wildman–Crippen MR) is 157 cm³/mol. The fourth-order valence-electron chi connectivity index (χ4n) is 6.33. The van der Waals surface area contributed by atoms with E-state index in [0.29, 0.717) is 51.3 Å². The maximum absolute atomic E-state index is 12.2. The summed E-state index contributed by atoms with van der Waals surface area (Å²) < 4.78 is 6.29. The number of carbonyl (C=O) groups excluding carboxylic acids is 1. The monoisotopic (exact) mass is 542 g/mol. The van der Waals surface area contributed by atoms with E-state index in [2.05, 4.69) is 34.4 Å². The van der Waals surface area contributed by atoms with Gasteiger partial charge in [-0.15, -0.1) is 0 Å². The Hall–Kier alpha value is -3.85. The minimum Gasteiger partial charge on any atom is -0.508 e. The van der Waals surface area contributed by atoms with Crippen LogP contribution in [0, 0.1) is 5.92 Å². The summed E-state index contributed by atoms with van der Waals surface area (Å²) in [5.74, 6) is 1.62. The molecule has 6 rings (SSSR count). The summed E-state index contributed by atoms with van der Waals surface area (Å²) in [7, 11) is 2.16. The first-order valence-corrected chi connectivity index (χ1v) is 14.3. The molecule has 1 N–H and O–H groups in total. The van der Waals surface area contributed by atoms with Gasteiger partial charge < -0.3 is 29.4 Å². The number of anilines is 2. The Morgan fingerprint density at radius 3 is 2.73 bits per heavy atom. The van der Waals surface area contributed by atoms with Gasteiger partial charge in [0, 0.05) is 67.9 Å². The van der Waals surface area contributed by atoms with Crippen LogP contribution in [0.15, 0.2) is 49.1 Å². The normalized spacial score (nSPS) is 19.9. The first-order chi connectivity index (χ1) is 19.5. The van der Waals surface area contributed by atoms with Gasteiger partial charge in [-0.3, -0.25) is 4.79 Å². The second-order valence-electron chi connectivity index (χ2n) is 11.2. The largest absolute Gasteiger partial charge is 0.508 e. The van der Waals surface area contributed by atoms with Gasteiger partial charge in [-0.05, 0) is 50.4 Å². The van der Waals surface area contributed by atoms with E-state index in [1.807, 2.05) is 35.2 Å². The van der Waals surface area contributed by atoms with Gasteiger partial charge in [0.15, 0.2) is 0 Å². The van der Waals surface area contributed by atoms with Crippen LogP contribution in [0.2, 0.25) is 0 Å². The number of carbonyl (C=O) groups is 1. The van der Waals surface area contributed by atoms with Gasteiger partial charge in [0.25, 0.3) is 0 Å². The summed E-state index contributed by atoms with van der Waals surface area (Å²) in [5.41, 5.74) is 3.11. The molecule has 0 radical (unpaired) electrons. The van der Waals surface area contributed by atoms with Crippen LogP contribution in [0.5, 0.6) is 11.8 Å². The Morgan fingerprint density at radius 2 is 1.93 bits per heavy atom. The third-order valence-electron chi connectivity index (χ3n) is 8.42. The number of benzene rings is 2. The van der Waals surface area contributed by atoms with Gasteiger partial charge in [-0.25, -0.2) is 0 Å². The molecule has 1 aromatic heterocycles. The fourth-order valence-corrected chi connectivity index (χ4v) is 6.33. The highest BCUT2D eigenvalue weighted by Gasteiger charge is 2.29. The van der Waals surface area contributed by atoms with Gasteiger partial charge in [0.1, 0.15) is 11.6 Å². The number of fused-ring (bicyclic) bond motifs is 2. The van der Waals surface area contributed by atoms with Crippen LogP contribution < -0.4 is 14.5 Å². The molecule has 1 amide bonds. The van der Waals surface area contributed by atoms with E-state index in [9.17, 15) is 9.90 Å². The zero-order chi connectivity index (χ0) is 27.6. The smallest absolute Gasteiger partial charge is 0.318 e. The number of piperazine rings is 1. The van der Waals surface area contributed by atoms with Crippen molar-refractivity contribution in [3.8, 4) is 11.8 Å². The molecule has 2 saturated heterocycles.